The first-order chi connectivity index (χ1) is 15.2. The maximum absolute atomic E-state index is 13.0. The van der Waals surface area contributed by atoms with E-state index >= 15 is 0 Å². The molecule has 2 amide bonds. The maximum atomic E-state index is 13.0. The van der Waals surface area contributed by atoms with Gasteiger partial charge in [0.25, 0.3) is 5.91 Å². The van der Waals surface area contributed by atoms with Gasteiger partial charge in [0.15, 0.2) is 9.84 Å². The molecule has 170 valence electrons. The number of halogens is 1. The molecule has 4 rings (SSSR count). The van der Waals surface area contributed by atoms with Crippen LogP contribution in [0.4, 0.5) is 4.79 Å². The number of hydrogen-bond donors (Lipinski definition) is 0. The second-order valence-electron chi connectivity index (χ2n) is 8.26. The molecule has 2 aliphatic rings. The van der Waals surface area contributed by atoms with Crippen LogP contribution in [-0.4, -0.2) is 68.3 Å². The van der Waals surface area contributed by atoms with Crippen molar-refractivity contribution in [2.24, 2.45) is 0 Å². The minimum absolute atomic E-state index is 0.00541. The smallest absolute Gasteiger partial charge is 0.410 e. The van der Waals surface area contributed by atoms with E-state index in [0.29, 0.717) is 32.5 Å². The lowest BCUT2D eigenvalue weighted by atomic mass is 9.98. The first-order valence-corrected chi connectivity index (χ1v) is 12.8. The number of likely N-dealkylation sites (tertiary alicyclic amines) is 1. The van der Waals surface area contributed by atoms with Gasteiger partial charge in [-0.2, -0.15) is 0 Å². The number of ether oxygens (including phenoxy) is 1. The van der Waals surface area contributed by atoms with Crippen LogP contribution in [-0.2, 0) is 21.0 Å². The summed E-state index contributed by atoms with van der Waals surface area (Å²) in [5.41, 5.74) is 1.43. The van der Waals surface area contributed by atoms with Gasteiger partial charge in [-0.15, -0.1) is 0 Å². The van der Waals surface area contributed by atoms with Crippen molar-refractivity contribution in [3.63, 3.8) is 0 Å². The quantitative estimate of drug-likeness (QED) is 0.660. The summed E-state index contributed by atoms with van der Waals surface area (Å²) < 4.78 is 28.7. The molecular formula is C23H25ClN2O5S. The van der Waals surface area contributed by atoms with Crippen LogP contribution in [0.25, 0.3) is 0 Å². The van der Waals surface area contributed by atoms with Crippen LogP contribution in [0.15, 0.2) is 53.4 Å². The lowest BCUT2D eigenvalue weighted by Crippen LogP contribution is -2.50. The van der Waals surface area contributed by atoms with Crippen molar-refractivity contribution in [2.75, 3.05) is 26.0 Å². The number of piperidine rings is 1. The van der Waals surface area contributed by atoms with E-state index in [9.17, 15) is 18.0 Å². The van der Waals surface area contributed by atoms with E-state index in [4.69, 9.17) is 16.3 Å². The van der Waals surface area contributed by atoms with E-state index in [0.717, 1.165) is 18.2 Å². The van der Waals surface area contributed by atoms with Gasteiger partial charge in [-0.25, -0.2) is 13.2 Å². The van der Waals surface area contributed by atoms with Gasteiger partial charge >= 0.3 is 6.09 Å². The summed E-state index contributed by atoms with van der Waals surface area (Å²) in [7, 11) is -3.40. The summed E-state index contributed by atoms with van der Waals surface area (Å²) >= 11 is 6.22. The molecule has 2 aromatic rings. The summed E-state index contributed by atoms with van der Waals surface area (Å²) in [6.07, 6.45) is 2.82. The van der Waals surface area contributed by atoms with Crippen LogP contribution < -0.4 is 0 Å². The van der Waals surface area contributed by atoms with Crippen molar-refractivity contribution >= 4 is 33.4 Å². The molecule has 2 aromatic carbocycles. The highest BCUT2D eigenvalue weighted by molar-refractivity contribution is 7.90. The fourth-order valence-electron chi connectivity index (χ4n) is 4.38. The number of hydrogen-bond acceptors (Lipinski definition) is 5. The molecule has 2 aliphatic heterocycles. The molecule has 2 saturated heterocycles. The molecule has 0 unspecified atom stereocenters. The van der Waals surface area contributed by atoms with Crippen LogP contribution in [0.1, 0.15) is 28.8 Å². The van der Waals surface area contributed by atoms with Gasteiger partial charge in [0.05, 0.1) is 21.5 Å². The molecule has 0 aliphatic carbocycles. The summed E-state index contributed by atoms with van der Waals surface area (Å²) in [6.45, 7) is 1.33. The molecule has 0 radical (unpaired) electrons. The van der Waals surface area contributed by atoms with Crippen molar-refractivity contribution < 1.29 is 22.7 Å². The summed E-state index contributed by atoms with van der Waals surface area (Å²) in [5, 5.41) is 0.117. The number of sulfone groups is 1. The van der Waals surface area contributed by atoms with Gasteiger partial charge in [0.1, 0.15) is 6.61 Å². The minimum atomic E-state index is -3.40. The fourth-order valence-corrected chi connectivity index (χ4v) is 5.35. The zero-order chi connectivity index (χ0) is 22.9. The summed E-state index contributed by atoms with van der Waals surface area (Å²) in [6, 6.07) is 14.2. The number of nitrogens with zero attached hydrogens (tertiary/aromatic N) is 2. The van der Waals surface area contributed by atoms with Crippen LogP contribution in [0.2, 0.25) is 5.02 Å². The van der Waals surface area contributed by atoms with Crippen LogP contribution >= 0.6 is 11.6 Å². The van der Waals surface area contributed by atoms with Crippen molar-refractivity contribution in [2.45, 2.75) is 36.2 Å². The largest absolute Gasteiger partial charge is 0.447 e. The Hall–Kier alpha value is -2.58. The predicted molar refractivity (Wildman–Crippen MR) is 121 cm³/mol. The summed E-state index contributed by atoms with van der Waals surface area (Å²) in [4.78, 5) is 29.0. The third-order valence-corrected chi connectivity index (χ3v) is 7.48. The molecule has 7 nitrogen and oxygen atoms in total. The number of benzene rings is 2. The van der Waals surface area contributed by atoms with Crippen molar-refractivity contribution in [3.05, 3.63) is 64.7 Å². The lowest BCUT2D eigenvalue weighted by Gasteiger charge is -2.38. The van der Waals surface area contributed by atoms with Gasteiger partial charge in [-0.1, -0.05) is 41.9 Å². The predicted octanol–water partition coefficient (Wildman–Crippen LogP) is 3.41. The molecule has 32 heavy (non-hydrogen) atoms. The third kappa shape index (κ3) is 4.76. The Labute approximate surface area is 192 Å². The highest BCUT2D eigenvalue weighted by Gasteiger charge is 2.40. The second kappa shape index (κ2) is 9.11. The van der Waals surface area contributed by atoms with Gasteiger partial charge in [0.2, 0.25) is 0 Å². The SMILES string of the molecule is CS(=O)(=O)c1ccc(C(=O)N2CCC(N3C(=O)OC[C@H]3Cc3ccccc3)CC2)c(Cl)c1. The number of cyclic esters (lactones) is 1. The Morgan fingerprint density at radius 1 is 1.12 bits per heavy atom. The normalized spacial score (nSPS) is 19.8. The molecule has 0 aromatic heterocycles. The van der Waals surface area contributed by atoms with Crippen LogP contribution in [0, 0.1) is 0 Å². The minimum Gasteiger partial charge on any atom is -0.447 e. The van der Waals surface area contributed by atoms with E-state index < -0.39 is 9.84 Å². The Kier molecular flexibility index (Phi) is 6.44. The fraction of sp³-hybridized carbons (Fsp3) is 0.391. The van der Waals surface area contributed by atoms with Gasteiger partial charge < -0.3 is 9.64 Å². The van der Waals surface area contributed by atoms with Gasteiger partial charge in [0, 0.05) is 25.4 Å². The number of carbonyl (C=O) groups is 2. The molecule has 0 bridgehead atoms. The monoisotopic (exact) mass is 476 g/mol. The first-order valence-electron chi connectivity index (χ1n) is 10.5. The van der Waals surface area contributed by atoms with E-state index in [1.807, 2.05) is 35.2 Å². The first kappa shape index (κ1) is 22.6. The molecule has 0 spiro atoms. The highest BCUT2D eigenvalue weighted by Crippen LogP contribution is 2.28. The standard InChI is InChI=1S/C23H25ClN2O5S/c1-32(29,30)19-7-8-20(21(24)14-19)22(27)25-11-9-17(10-12-25)26-18(15-31-23(26)28)13-16-5-3-2-4-6-16/h2-8,14,17-18H,9-13,15H2,1H3/t18-/m1/s1. The van der Waals surface area contributed by atoms with Crippen molar-refractivity contribution in [1.29, 1.82) is 0 Å². The zero-order valence-electron chi connectivity index (χ0n) is 17.7. The highest BCUT2D eigenvalue weighted by atomic mass is 35.5. The van der Waals surface area contributed by atoms with E-state index in [2.05, 4.69) is 0 Å². The van der Waals surface area contributed by atoms with Crippen LogP contribution in [0.5, 0.6) is 0 Å². The topological polar surface area (TPSA) is 84.0 Å². The average Bonchev–Trinajstić information content (AvgIpc) is 3.13. The zero-order valence-corrected chi connectivity index (χ0v) is 19.3. The van der Waals surface area contributed by atoms with Gasteiger partial charge in [-0.05, 0) is 43.0 Å². The molecule has 0 N–H and O–H groups in total. The summed E-state index contributed by atoms with van der Waals surface area (Å²) in [5.74, 6) is -0.238. The average molecular weight is 477 g/mol. The Bertz CT molecular complexity index is 1110. The molecule has 2 heterocycles. The molecular weight excluding hydrogens is 452 g/mol. The molecule has 1 atom stereocenters. The van der Waals surface area contributed by atoms with E-state index in [-0.39, 0.29) is 39.6 Å². The van der Waals surface area contributed by atoms with Crippen LogP contribution in [0.3, 0.4) is 0 Å². The molecule has 9 heteroatoms. The number of amides is 2. The van der Waals surface area contributed by atoms with Crippen molar-refractivity contribution in [3.8, 4) is 0 Å². The Morgan fingerprint density at radius 2 is 1.81 bits per heavy atom. The molecule has 0 saturated carbocycles. The Balaban J connectivity index is 1.41. The van der Waals surface area contributed by atoms with Crippen molar-refractivity contribution in [1.82, 2.24) is 9.80 Å². The second-order valence-corrected chi connectivity index (χ2v) is 10.7. The molecule has 2 fully saturated rings. The maximum Gasteiger partial charge on any atom is 0.410 e. The van der Waals surface area contributed by atoms with E-state index in [1.54, 1.807) is 4.90 Å². The van der Waals surface area contributed by atoms with Gasteiger partial charge in [-0.3, -0.25) is 9.69 Å². The lowest BCUT2D eigenvalue weighted by molar-refractivity contribution is 0.0637. The third-order valence-electron chi connectivity index (χ3n) is 6.06. The number of carbonyl (C=O) groups excluding carboxylic acids is 2. The number of rotatable bonds is 5. The Morgan fingerprint density at radius 3 is 2.44 bits per heavy atom. The van der Waals surface area contributed by atoms with E-state index in [1.165, 1.54) is 18.2 Å².